The first-order chi connectivity index (χ1) is 6.03. The zero-order valence-electron chi connectivity index (χ0n) is 7.26. The van der Waals surface area contributed by atoms with Gasteiger partial charge in [0, 0.05) is 5.02 Å². The number of carbonyl (C=O) groups is 1. The summed E-state index contributed by atoms with van der Waals surface area (Å²) in [6.07, 6.45) is 1.58. The minimum absolute atomic E-state index is 0.471. The number of benzene rings is 1. The molecule has 13 heavy (non-hydrogen) atoms. The fraction of sp³-hybridized carbons (Fsp3) is 0.300. The molecule has 0 aliphatic heterocycles. The van der Waals surface area contributed by atoms with Crippen molar-refractivity contribution in [2.75, 3.05) is 0 Å². The zero-order chi connectivity index (χ0) is 9.90. The molecule has 0 spiro atoms. The van der Waals surface area contributed by atoms with E-state index in [9.17, 15) is 4.79 Å². The average molecular weight is 262 g/mol. The molecular formula is C10H10BrClO. The molecule has 0 N–H and O–H groups in total. The lowest BCUT2D eigenvalue weighted by Crippen LogP contribution is -2.20. The minimum atomic E-state index is -0.471. The molecule has 0 bridgehead atoms. The molecule has 1 atom stereocenters. The van der Waals surface area contributed by atoms with E-state index in [4.69, 9.17) is 11.6 Å². The second-order valence-corrected chi connectivity index (χ2v) is 5.45. The number of hydrogen-bond acceptors (Lipinski definition) is 1. The van der Waals surface area contributed by atoms with Crippen molar-refractivity contribution in [2.45, 2.75) is 17.7 Å². The molecule has 1 rings (SSSR count). The van der Waals surface area contributed by atoms with E-state index in [1.165, 1.54) is 0 Å². The van der Waals surface area contributed by atoms with Gasteiger partial charge in [-0.15, -0.1) is 0 Å². The summed E-state index contributed by atoms with van der Waals surface area (Å²) in [5.41, 5.74) is 1.09. The maximum atomic E-state index is 10.6. The highest BCUT2D eigenvalue weighted by atomic mass is 79.9. The minimum Gasteiger partial charge on any atom is -0.302 e. The first-order valence-electron chi connectivity index (χ1n) is 3.93. The summed E-state index contributed by atoms with van der Waals surface area (Å²) in [4.78, 5) is 10.6. The van der Waals surface area contributed by atoms with Gasteiger partial charge >= 0.3 is 0 Å². The van der Waals surface area contributed by atoms with Gasteiger partial charge in [0.05, 0.1) is 4.32 Å². The maximum absolute atomic E-state index is 10.6. The third-order valence-electron chi connectivity index (χ3n) is 1.71. The summed E-state index contributed by atoms with van der Waals surface area (Å²) in [5, 5.41) is 0.714. The largest absolute Gasteiger partial charge is 0.302 e. The highest BCUT2D eigenvalue weighted by molar-refractivity contribution is 9.10. The molecule has 0 radical (unpaired) electrons. The molecular weight excluding hydrogens is 251 g/mol. The maximum Gasteiger partial charge on any atom is 0.136 e. The predicted molar refractivity (Wildman–Crippen MR) is 58.6 cm³/mol. The van der Waals surface area contributed by atoms with Gasteiger partial charge in [-0.05, 0) is 31.0 Å². The summed E-state index contributed by atoms with van der Waals surface area (Å²) in [5.74, 6) is 0. The van der Waals surface area contributed by atoms with Gasteiger partial charge in [0.25, 0.3) is 0 Å². The Hall–Kier alpha value is -0.340. The fourth-order valence-electron chi connectivity index (χ4n) is 1.04. The van der Waals surface area contributed by atoms with Crippen LogP contribution in [0.4, 0.5) is 0 Å². The number of alkyl halides is 1. The van der Waals surface area contributed by atoms with E-state index in [1.807, 2.05) is 31.2 Å². The van der Waals surface area contributed by atoms with Crippen LogP contribution < -0.4 is 0 Å². The summed E-state index contributed by atoms with van der Waals surface area (Å²) in [7, 11) is 0. The molecule has 1 unspecified atom stereocenters. The first-order valence-corrected chi connectivity index (χ1v) is 5.10. The SMILES string of the molecule is CC(Br)(C=O)Cc1ccc(Cl)cc1. The average Bonchev–Trinajstić information content (AvgIpc) is 2.09. The Morgan fingerprint density at radius 1 is 1.46 bits per heavy atom. The lowest BCUT2D eigenvalue weighted by atomic mass is 10.0. The van der Waals surface area contributed by atoms with E-state index in [-0.39, 0.29) is 0 Å². The molecule has 0 saturated carbocycles. The molecule has 3 heteroatoms. The highest BCUT2D eigenvalue weighted by Gasteiger charge is 2.19. The summed E-state index contributed by atoms with van der Waals surface area (Å²) >= 11 is 9.07. The second kappa shape index (κ2) is 4.25. The van der Waals surface area contributed by atoms with Crippen LogP contribution >= 0.6 is 27.5 Å². The smallest absolute Gasteiger partial charge is 0.136 e. The number of halogens is 2. The van der Waals surface area contributed by atoms with Crippen molar-refractivity contribution in [1.29, 1.82) is 0 Å². The van der Waals surface area contributed by atoms with Crippen LogP contribution in [0.1, 0.15) is 12.5 Å². The van der Waals surface area contributed by atoms with Crippen LogP contribution in [0.3, 0.4) is 0 Å². The Bertz CT molecular complexity index is 292. The molecule has 0 aliphatic rings. The van der Waals surface area contributed by atoms with Gasteiger partial charge in [-0.2, -0.15) is 0 Å². The molecule has 1 aromatic rings. The van der Waals surface area contributed by atoms with Gasteiger partial charge in [0.2, 0.25) is 0 Å². The lowest BCUT2D eigenvalue weighted by Gasteiger charge is -2.13. The molecule has 1 nitrogen and oxygen atoms in total. The summed E-state index contributed by atoms with van der Waals surface area (Å²) in [6, 6.07) is 7.49. The van der Waals surface area contributed by atoms with Gasteiger partial charge in [0.15, 0.2) is 0 Å². The van der Waals surface area contributed by atoms with E-state index in [2.05, 4.69) is 15.9 Å². The predicted octanol–water partition coefficient (Wildman–Crippen LogP) is 3.24. The molecule has 0 heterocycles. The molecule has 0 amide bonds. The van der Waals surface area contributed by atoms with Crippen LogP contribution in [0.5, 0.6) is 0 Å². The van der Waals surface area contributed by atoms with E-state index < -0.39 is 4.32 Å². The van der Waals surface area contributed by atoms with Crippen molar-refractivity contribution < 1.29 is 4.79 Å². The second-order valence-electron chi connectivity index (χ2n) is 3.20. The fourth-order valence-corrected chi connectivity index (χ4v) is 1.49. The number of hydrogen-bond donors (Lipinski definition) is 0. The van der Waals surface area contributed by atoms with Crippen LogP contribution in [0.25, 0.3) is 0 Å². The summed E-state index contributed by atoms with van der Waals surface area (Å²) < 4.78 is -0.471. The molecule has 0 aromatic heterocycles. The molecule has 1 aromatic carbocycles. The van der Waals surface area contributed by atoms with Crippen molar-refractivity contribution in [1.82, 2.24) is 0 Å². The number of carbonyl (C=O) groups excluding carboxylic acids is 1. The number of aldehydes is 1. The van der Waals surface area contributed by atoms with Crippen LogP contribution in [-0.4, -0.2) is 10.6 Å². The van der Waals surface area contributed by atoms with Crippen LogP contribution in [-0.2, 0) is 11.2 Å². The van der Waals surface area contributed by atoms with Crippen LogP contribution in [0.2, 0.25) is 5.02 Å². The molecule has 0 aliphatic carbocycles. The Kier molecular flexibility index (Phi) is 3.51. The molecule has 0 fully saturated rings. The quantitative estimate of drug-likeness (QED) is 0.603. The van der Waals surface area contributed by atoms with Crippen LogP contribution in [0, 0.1) is 0 Å². The third kappa shape index (κ3) is 3.49. The lowest BCUT2D eigenvalue weighted by molar-refractivity contribution is -0.109. The van der Waals surface area contributed by atoms with Gasteiger partial charge in [-0.1, -0.05) is 39.7 Å². The van der Waals surface area contributed by atoms with Crippen molar-refractivity contribution >= 4 is 33.8 Å². The monoisotopic (exact) mass is 260 g/mol. The van der Waals surface area contributed by atoms with Gasteiger partial charge in [0.1, 0.15) is 6.29 Å². The van der Waals surface area contributed by atoms with Gasteiger partial charge in [-0.25, -0.2) is 0 Å². The van der Waals surface area contributed by atoms with E-state index in [1.54, 1.807) is 0 Å². The van der Waals surface area contributed by atoms with E-state index in [0.717, 1.165) is 11.8 Å². The Labute approximate surface area is 91.2 Å². The molecule has 70 valence electrons. The third-order valence-corrected chi connectivity index (χ3v) is 2.43. The van der Waals surface area contributed by atoms with Crippen molar-refractivity contribution in [3.63, 3.8) is 0 Å². The number of rotatable bonds is 3. The first kappa shape index (κ1) is 10.7. The van der Waals surface area contributed by atoms with E-state index >= 15 is 0 Å². The Morgan fingerprint density at radius 3 is 2.46 bits per heavy atom. The summed E-state index contributed by atoms with van der Waals surface area (Å²) in [6.45, 7) is 1.84. The topological polar surface area (TPSA) is 17.1 Å². The standard InChI is InChI=1S/C10H10BrClO/c1-10(11,7-13)6-8-2-4-9(12)5-3-8/h2-5,7H,6H2,1H3. The van der Waals surface area contributed by atoms with Crippen molar-refractivity contribution in [3.05, 3.63) is 34.9 Å². The Morgan fingerprint density at radius 2 is 2.00 bits per heavy atom. The normalized spacial score (nSPS) is 15.0. The van der Waals surface area contributed by atoms with E-state index in [0.29, 0.717) is 11.4 Å². The van der Waals surface area contributed by atoms with Gasteiger partial charge < -0.3 is 4.79 Å². The highest BCUT2D eigenvalue weighted by Crippen LogP contribution is 2.21. The van der Waals surface area contributed by atoms with Crippen LogP contribution in [0.15, 0.2) is 24.3 Å². The zero-order valence-corrected chi connectivity index (χ0v) is 9.60. The molecule has 0 saturated heterocycles. The van der Waals surface area contributed by atoms with Gasteiger partial charge in [-0.3, -0.25) is 0 Å². The van der Waals surface area contributed by atoms with Crippen molar-refractivity contribution in [2.24, 2.45) is 0 Å². The van der Waals surface area contributed by atoms with Crippen molar-refractivity contribution in [3.8, 4) is 0 Å². The Balaban J connectivity index is 2.75.